The second kappa shape index (κ2) is 5.68. The summed E-state index contributed by atoms with van der Waals surface area (Å²) in [6.45, 7) is 1.09. The summed E-state index contributed by atoms with van der Waals surface area (Å²) in [6, 6.07) is 3.39. The molecule has 1 atom stereocenters. The Bertz CT molecular complexity index is 570. The van der Waals surface area contributed by atoms with Gasteiger partial charge in [0.1, 0.15) is 24.5 Å². The molecule has 0 saturated heterocycles. The summed E-state index contributed by atoms with van der Waals surface area (Å²) in [5.41, 5.74) is -1.61. The third-order valence-electron chi connectivity index (χ3n) is 2.72. The lowest BCUT2D eigenvalue weighted by Gasteiger charge is -2.21. The number of nitrogens with zero attached hydrogens (tertiary/aromatic N) is 3. The maximum absolute atomic E-state index is 11.0. The van der Waals surface area contributed by atoms with Gasteiger partial charge in [0.15, 0.2) is 0 Å². The van der Waals surface area contributed by atoms with E-state index in [0.29, 0.717) is 11.6 Å². The van der Waals surface area contributed by atoms with Gasteiger partial charge in [-0.1, -0.05) is 0 Å². The van der Waals surface area contributed by atoms with Gasteiger partial charge in [-0.25, -0.2) is 20.7 Å². The molecule has 0 aliphatic heterocycles. The lowest BCUT2D eigenvalue weighted by Crippen LogP contribution is -2.46. The summed E-state index contributed by atoms with van der Waals surface area (Å²) in [5, 5.41) is 8.97. The molecule has 106 valence electrons. The van der Waals surface area contributed by atoms with Crippen LogP contribution in [0.15, 0.2) is 37.1 Å². The second-order valence-corrected chi connectivity index (χ2v) is 4.26. The normalized spacial score (nSPS) is 13.7. The average molecular weight is 278 g/mol. The molecule has 8 heteroatoms. The first-order chi connectivity index (χ1) is 9.55. The molecule has 2 aromatic rings. The van der Waals surface area contributed by atoms with E-state index < -0.39 is 11.6 Å². The van der Waals surface area contributed by atoms with E-state index in [9.17, 15) is 4.79 Å². The van der Waals surface area contributed by atoms with Crippen LogP contribution >= 0.6 is 0 Å². The fourth-order valence-corrected chi connectivity index (χ4v) is 1.37. The summed E-state index contributed by atoms with van der Waals surface area (Å²) in [4.78, 5) is 23.5. The van der Waals surface area contributed by atoms with E-state index in [-0.39, 0.29) is 6.61 Å². The predicted molar refractivity (Wildman–Crippen MR) is 68.2 cm³/mol. The Hall–Kier alpha value is -2.45. The van der Waals surface area contributed by atoms with Gasteiger partial charge in [0.05, 0.1) is 6.20 Å². The van der Waals surface area contributed by atoms with Crippen LogP contribution in [0.3, 0.4) is 0 Å². The van der Waals surface area contributed by atoms with Crippen molar-refractivity contribution in [2.45, 2.75) is 12.5 Å². The number of pyridine rings is 1. The first kappa shape index (κ1) is 14.0. The van der Waals surface area contributed by atoms with E-state index in [2.05, 4.69) is 14.8 Å². The Kier molecular flexibility index (Phi) is 3.97. The van der Waals surface area contributed by atoms with Crippen molar-refractivity contribution >= 4 is 5.97 Å². The van der Waals surface area contributed by atoms with Crippen LogP contribution in [0.1, 0.15) is 6.92 Å². The molecular weight excluding hydrogens is 264 g/mol. The molecule has 0 aliphatic rings. The number of imidazole rings is 1. The van der Waals surface area contributed by atoms with Crippen LogP contribution in [0.5, 0.6) is 5.75 Å². The van der Waals surface area contributed by atoms with Crippen molar-refractivity contribution in [3.63, 3.8) is 0 Å². The van der Waals surface area contributed by atoms with E-state index in [4.69, 9.17) is 15.7 Å². The number of hydrogen-bond acceptors (Lipinski definition) is 6. The number of aliphatic carboxylic acids is 1. The topological polar surface area (TPSA) is 112 Å². The van der Waals surface area contributed by atoms with Crippen LogP contribution in [-0.4, -0.2) is 37.8 Å². The number of hydrogen-bond donors (Lipinski definition) is 2. The summed E-state index contributed by atoms with van der Waals surface area (Å²) in [5.74, 6) is 4.86. The molecule has 0 fully saturated rings. The quantitative estimate of drug-likeness (QED) is 0.734. The molecular formula is C12H14N4O4. The highest BCUT2D eigenvalue weighted by molar-refractivity contribution is 5.77. The smallest absolute Gasteiger partial charge is 0.341 e. The van der Waals surface area contributed by atoms with Crippen LogP contribution in [0.2, 0.25) is 0 Å². The summed E-state index contributed by atoms with van der Waals surface area (Å²) >= 11 is 0. The van der Waals surface area contributed by atoms with Crippen molar-refractivity contribution in [1.29, 1.82) is 0 Å². The van der Waals surface area contributed by atoms with Crippen LogP contribution in [-0.2, 0) is 9.63 Å². The Labute approximate surface area is 114 Å². The molecule has 0 radical (unpaired) electrons. The van der Waals surface area contributed by atoms with E-state index in [1.165, 1.54) is 13.1 Å². The van der Waals surface area contributed by atoms with Crippen LogP contribution < -0.4 is 10.6 Å². The highest BCUT2D eigenvalue weighted by Crippen LogP contribution is 2.15. The van der Waals surface area contributed by atoms with Crippen LogP contribution in [0.25, 0.3) is 5.82 Å². The van der Waals surface area contributed by atoms with Gasteiger partial charge in [-0.2, -0.15) is 0 Å². The first-order valence-electron chi connectivity index (χ1n) is 5.73. The third-order valence-corrected chi connectivity index (χ3v) is 2.72. The maximum atomic E-state index is 11.0. The number of nitrogens with two attached hydrogens (primary N) is 1. The molecule has 0 aliphatic carbocycles. The molecule has 0 bridgehead atoms. The molecule has 2 aromatic heterocycles. The number of rotatable bonds is 6. The largest absolute Gasteiger partial charge is 0.488 e. The maximum Gasteiger partial charge on any atom is 0.341 e. The van der Waals surface area contributed by atoms with Crippen LogP contribution in [0.4, 0.5) is 0 Å². The SMILES string of the molecule is CC(COc1ccc(-n2ccnc2)nc1)(ON)C(=O)O. The highest BCUT2D eigenvalue weighted by atomic mass is 16.7. The lowest BCUT2D eigenvalue weighted by molar-refractivity contribution is -0.168. The van der Waals surface area contributed by atoms with Crippen molar-refractivity contribution in [1.82, 2.24) is 14.5 Å². The van der Waals surface area contributed by atoms with Gasteiger partial charge in [-0.3, -0.25) is 9.40 Å². The Balaban J connectivity index is 2.03. The van der Waals surface area contributed by atoms with Gasteiger partial charge in [-0.05, 0) is 19.1 Å². The van der Waals surface area contributed by atoms with E-state index >= 15 is 0 Å². The monoisotopic (exact) mass is 278 g/mol. The number of carboxylic acid groups (broad SMARTS) is 1. The van der Waals surface area contributed by atoms with Gasteiger partial charge in [0, 0.05) is 12.4 Å². The standard InChI is InChI=1S/C12H14N4O4/c1-12(20-13,11(17)18)7-19-9-2-3-10(15-6-9)16-5-4-14-8-16/h2-6,8H,7,13H2,1H3,(H,17,18). The van der Waals surface area contributed by atoms with Gasteiger partial charge in [0.25, 0.3) is 0 Å². The van der Waals surface area contributed by atoms with Crippen molar-refractivity contribution in [3.05, 3.63) is 37.1 Å². The fraction of sp³-hybridized carbons (Fsp3) is 0.250. The molecule has 0 amide bonds. The molecule has 3 N–H and O–H groups in total. The Morgan fingerprint density at radius 2 is 2.35 bits per heavy atom. The molecule has 20 heavy (non-hydrogen) atoms. The number of aromatic nitrogens is 3. The number of carbonyl (C=O) groups is 1. The number of carboxylic acids is 1. The minimum atomic E-state index is -1.61. The third kappa shape index (κ3) is 2.92. The number of ether oxygens (including phenoxy) is 1. The van der Waals surface area contributed by atoms with Gasteiger partial charge < -0.3 is 9.84 Å². The highest BCUT2D eigenvalue weighted by Gasteiger charge is 2.35. The van der Waals surface area contributed by atoms with Gasteiger partial charge >= 0.3 is 5.97 Å². The molecule has 0 aromatic carbocycles. The molecule has 1 unspecified atom stereocenters. The second-order valence-electron chi connectivity index (χ2n) is 4.26. The Morgan fingerprint density at radius 1 is 1.55 bits per heavy atom. The average Bonchev–Trinajstić information content (AvgIpc) is 2.99. The van der Waals surface area contributed by atoms with Crippen molar-refractivity contribution < 1.29 is 19.5 Å². The molecule has 8 nitrogen and oxygen atoms in total. The summed E-state index contributed by atoms with van der Waals surface area (Å²) in [7, 11) is 0. The minimum absolute atomic E-state index is 0.231. The molecule has 0 saturated carbocycles. The van der Waals surface area contributed by atoms with E-state index in [1.54, 1.807) is 35.4 Å². The van der Waals surface area contributed by atoms with Crippen molar-refractivity contribution in [2.24, 2.45) is 5.90 Å². The van der Waals surface area contributed by atoms with E-state index in [0.717, 1.165) is 0 Å². The van der Waals surface area contributed by atoms with Crippen LogP contribution in [0, 0.1) is 0 Å². The summed E-state index contributed by atoms with van der Waals surface area (Å²) in [6.07, 6.45) is 6.50. The Morgan fingerprint density at radius 3 is 2.85 bits per heavy atom. The first-order valence-corrected chi connectivity index (χ1v) is 5.73. The zero-order valence-electron chi connectivity index (χ0n) is 10.8. The minimum Gasteiger partial charge on any atom is -0.488 e. The zero-order chi connectivity index (χ0) is 14.6. The van der Waals surface area contributed by atoms with Crippen molar-refractivity contribution in [3.8, 4) is 11.6 Å². The van der Waals surface area contributed by atoms with Crippen molar-refractivity contribution in [2.75, 3.05) is 6.61 Å². The fourth-order valence-electron chi connectivity index (χ4n) is 1.37. The molecule has 2 rings (SSSR count). The lowest BCUT2D eigenvalue weighted by atomic mass is 10.1. The predicted octanol–water partition coefficient (Wildman–Crippen LogP) is 0.380. The van der Waals surface area contributed by atoms with E-state index in [1.807, 2.05) is 0 Å². The zero-order valence-corrected chi connectivity index (χ0v) is 10.8. The summed E-state index contributed by atoms with van der Waals surface area (Å²) < 4.78 is 7.05. The molecule has 2 heterocycles. The van der Waals surface area contributed by atoms with Gasteiger partial charge in [-0.15, -0.1) is 0 Å². The van der Waals surface area contributed by atoms with Gasteiger partial charge in [0.2, 0.25) is 5.60 Å². The molecule has 0 spiro atoms.